The molecule has 5 heteroatoms. The first-order valence-electron chi connectivity index (χ1n) is 10.3. The lowest BCUT2D eigenvalue weighted by Gasteiger charge is -2.05. The average Bonchev–Trinajstić information content (AvgIpc) is 2.72. The summed E-state index contributed by atoms with van der Waals surface area (Å²) in [4.78, 5) is 23.9. The van der Waals surface area contributed by atoms with Crippen LogP contribution in [-0.4, -0.2) is 18.1 Å². The van der Waals surface area contributed by atoms with Crippen LogP contribution < -0.4 is 10.2 Å². The van der Waals surface area contributed by atoms with Crippen molar-refractivity contribution in [1.29, 1.82) is 0 Å². The lowest BCUT2D eigenvalue weighted by atomic mass is 10.1. The molecule has 0 saturated heterocycles. The third-order valence-electron chi connectivity index (χ3n) is 4.50. The fraction of sp³-hybridized carbons (Fsp3) is 0.375. The Morgan fingerprint density at radius 3 is 2.45 bits per heavy atom. The summed E-state index contributed by atoms with van der Waals surface area (Å²) in [6, 6.07) is 14.2. The molecule has 29 heavy (non-hydrogen) atoms. The first kappa shape index (κ1) is 22.3. The second-order valence-electron chi connectivity index (χ2n) is 7.14. The molecule has 0 spiro atoms. The number of hydrogen-bond donors (Lipinski definition) is 1. The summed E-state index contributed by atoms with van der Waals surface area (Å²) in [5.41, 5.74) is 4.88. The summed E-state index contributed by atoms with van der Waals surface area (Å²) >= 11 is 0. The Balaban J connectivity index is 1.72. The minimum absolute atomic E-state index is 0.0690. The molecule has 0 radical (unpaired) electrons. The van der Waals surface area contributed by atoms with E-state index in [1.807, 2.05) is 19.1 Å². The summed E-state index contributed by atoms with van der Waals surface area (Å²) < 4.78 is 5.38. The van der Waals surface area contributed by atoms with Crippen LogP contribution in [0, 0.1) is 6.92 Å². The number of amides is 1. The van der Waals surface area contributed by atoms with Crippen LogP contribution in [0.1, 0.15) is 73.4 Å². The molecule has 0 fully saturated rings. The summed E-state index contributed by atoms with van der Waals surface area (Å²) in [5.74, 6) is -0.00159. The van der Waals surface area contributed by atoms with E-state index in [0.29, 0.717) is 17.7 Å². The Bertz CT molecular complexity index is 813. The summed E-state index contributed by atoms with van der Waals surface area (Å²) in [6.45, 7) is 4.12. The molecule has 1 amide bonds. The molecule has 2 rings (SSSR count). The van der Waals surface area contributed by atoms with Crippen molar-refractivity contribution >= 4 is 18.1 Å². The van der Waals surface area contributed by atoms with Gasteiger partial charge in [0.15, 0.2) is 0 Å². The first-order valence-corrected chi connectivity index (χ1v) is 10.3. The standard InChI is InChI=1S/C24H30N2O3/c1-3-4-5-6-7-8-12-23(27)26-25-18-20-13-15-22(16-14-20)29-24(28)21-11-9-10-19(2)17-21/h9-11,13-18H,3-8,12H2,1-2H3,(H,26,27)/b25-18-. The van der Waals surface area contributed by atoms with E-state index in [1.165, 1.54) is 25.7 Å². The zero-order chi connectivity index (χ0) is 20.9. The van der Waals surface area contributed by atoms with Crippen LogP contribution in [0.2, 0.25) is 0 Å². The van der Waals surface area contributed by atoms with Gasteiger partial charge in [-0.25, -0.2) is 10.2 Å². The van der Waals surface area contributed by atoms with Crippen LogP contribution in [0.3, 0.4) is 0 Å². The third kappa shape index (κ3) is 8.73. The highest BCUT2D eigenvalue weighted by Crippen LogP contribution is 2.14. The van der Waals surface area contributed by atoms with E-state index in [4.69, 9.17) is 4.74 Å². The van der Waals surface area contributed by atoms with Crippen LogP contribution in [0.5, 0.6) is 5.75 Å². The van der Waals surface area contributed by atoms with Crippen molar-refractivity contribution in [3.63, 3.8) is 0 Å². The van der Waals surface area contributed by atoms with Gasteiger partial charge in [-0.2, -0.15) is 5.10 Å². The molecule has 0 aliphatic heterocycles. The molecular formula is C24H30N2O3. The maximum atomic E-state index is 12.2. The molecule has 0 aromatic heterocycles. The minimum Gasteiger partial charge on any atom is -0.423 e. The highest BCUT2D eigenvalue weighted by atomic mass is 16.5. The highest BCUT2D eigenvalue weighted by molar-refractivity contribution is 5.91. The van der Waals surface area contributed by atoms with Crippen LogP contribution in [0.25, 0.3) is 0 Å². The number of rotatable bonds is 11. The molecule has 1 N–H and O–H groups in total. The van der Waals surface area contributed by atoms with Gasteiger partial charge >= 0.3 is 5.97 Å². The van der Waals surface area contributed by atoms with Crippen molar-refractivity contribution < 1.29 is 14.3 Å². The number of hydrazone groups is 1. The van der Waals surface area contributed by atoms with Gasteiger partial charge in [-0.3, -0.25) is 4.79 Å². The summed E-state index contributed by atoms with van der Waals surface area (Å²) in [5, 5.41) is 3.99. The molecule has 2 aromatic carbocycles. The molecule has 0 unspecified atom stereocenters. The van der Waals surface area contributed by atoms with Gasteiger partial charge in [-0.15, -0.1) is 0 Å². The molecule has 0 atom stereocenters. The number of carbonyl (C=O) groups excluding carboxylic acids is 2. The van der Waals surface area contributed by atoms with Crippen molar-refractivity contribution in [3.8, 4) is 5.75 Å². The van der Waals surface area contributed by atoms with Gasteiger partial charge in [0, 0.05) is 6.42 Å². The third-order valence-corrected chi connectivity index (χ3v) is 4.50. The normalized spacial score (nSPS) is 10.8. The minimum atomic E-state index is -0.392. The first-order chi connectivity index (χ1) is 14.1. The van der Waals surface area contributed by atoms with Crippen molar-refractivity contribution in [2.45, 2.75) is 58.8 Å². The lowest BCUT2D eigenvalue weighted by molar-refractivity contribution is -0.121. The van der Waals surface area contributed by atoms with E-state index >= 15 is 0 Å². The maximum absolute atomic E-state index is 12.2. The number of nitrogens with one attached hydrogen (secondary N) is 1. The second-order valence-corrected chi connectivity index (χ2v) is 7.14. The van der Waals surface area contributed by atoms with Crippen molar-refractivity contribution in [2.75, 3.05) is 0 Å². The Labute approximate surface area is 173 Å². The second kappa shape index (κ2) is 12.5. The molecule has 2 aromatic rings. The van der Waals surface area contributed by atoms with Crippen LogP contribution in [-0.2, 0) is 4.79 Å². The summed E-state index contributed by atoms with van der Waals surface area (Å²) in [6.07, 6.45) is 8.97. The smallest absolute Gasteiger partial charge is 0.343 e. The van der Waals surface area contributed by atoms with Crippen LogP contribution >= 0.6 is 0 Å². The van der Waals surface area contributed by atoms with E-state index < -0.39 is 5.97 Å². The van der Waals surface area contributed by atoms with Gasteiger partial charge in [0.2, 0.25) is 5.91 Å². The highest BCUT2D eigenvalue weighted by Gasteiger charge is 2.08. The van der Waals surface area contributed by atoms with Crippen LogP contribution in [0.15, 0.2) is 53.6 Å². The molecule has 0 aliphatic rings. The molecule has 0 bridgehead atoms. The van der Waals surface area contributed by atoms with Gasteiger partial charge in [-0.05, 0) is 55.3 Å². The number of aryl methyl sites for hydroxylation is 1. The van der Waals surface area contributed by atoms with Crippen LogP contribution in [0.4, 0.5) is 0 Å². The van der Waals surface area contributed by atoms with E-state index in [9.17, 15) is 9.59 Å². The predicted molar refractivity (Wildman–Crippen MR) is 116 cm³/mol. The Kier molecular flexibility index (Phi) is 9.63. The van der Waals surface area contributed by atoms with E-state index in [1.54, 1.807) is 42.6 Å². The van der Waals surface area contributed by atoms with Crippen molar-refractivity contribution in [2.24, 2.45) is 5.10 Å². The SMILES string of the molecule is CCCCCCCCC(=O)N/N=C\c1ccc(OC(=O)c2cccc(C)c2)cc1. The number of ether oxygens (including phenoxy) is 1. The zero-order valence-corrected chi connectivity index (χ0v) is 17.3. The van der Waals surface area contributed by atoms with Gasteiger partial charge in [0.1, 0.15) is 5.75 Å². The molecule has 0 heterocycles. The Morgan fingerprint density at radius 1 is 1.00 bits per heavy atom. The van der Waals surface area contributed by atoms with Gasteiger partial charge in [0.25, 0.3) is 0 Å². The number of esters is 1. The predicted octanol–water partition coefficient (Wildman–Crippen LogP) is 5.41. The molecule has 5 nitrogen and oxygen atoms in total. The zero-order valence-electron chi connectivity index (χ0n) is 17.3. The van der Waals surface area contributed by atoms with Gasteiger partial charge < -0.3 is 4.74 Å². The van der Waals surface area contributed by atoms with Crippen molar-refractivity contribution in [1.82, 2.24) is 5.43 Å². The monoisotopic (exact) mass is 394 g/mol. The van der Waals surface area contributed by atoms with Crippen molar-refractivity contribution in [3.05, 3.63) is 65.2 Å². The summed E-state index contributed by atoms with van der Waals surface area (Å²) in [7, 11) is 0. The van der Waals surface area contributed by atoms with Gasteiger partial charge in [-0.1, -0.05) is 56.7 Å². The average molecular weight is 395 g/mol. The molecule has 0 saturated carbocycles. The largest absolute Gasteiger partial charge is 0.423 e. The van der Waals surface area contributed by atoms with Gasteiger partial charge in [0.05, 0.1) is 11.8 Å². The number of benzene rings is 2. The molecule has 154 valence electrons. The quantitative estimate of drug-likeness (QED) is 0.182. The number of nitrogens with zero attached hydrogens (tertiary/aromatic N) is 1. The van der Waals surface area contributed by atoms with E-state index in [0.717, 1.165) is 24.0 Å². The van der Waals surface area contributed by atoms with E-state index in [-0.39, 0.29) is 5.91 Å². The fourth-order valence-corrected chi connectivity index (χ4v) is 2.86. The number of unbranched alkanes of at least 4 members (excludes halogenated alkanes) is 5. The Hall–Kier alpha value is -2.95. The topological polar surface area (TPSA) is 67.8 Å². The maximum Gasteiger partial charge on any atom is 0.343 e. The number of carbonyl (C=O) groups is 2. The Morgan fingerprint density at radius 2 is 1.72 bits per heavy atom. The molecule has 0 aliphatic carbocycles. The number of hydrogen-bond acceptors (Lipinski definition) is 4. The van der Waals surface area contributed by atoms with E-state index in [2.05, 4.69) is 17.5 Å². The molecular weight excluding hydrogens is 364 g/mol. The lowest BCUT2D eigenvalue weighted by Crippen LogP contribution is -2.16. The fourth-order valence-electron chi connectivity index (χ4n) is 2.86.